The van der Waals surface area contributed by atoms with Crippen molar-refractivity contribution in [3.05, 3.63) is 54.1 Å². The van der Waals surface area contributed by atoms with Crippen molar-refractivity contribution in [2.24, 2.45) is 0 Å². The Morgan fingerprint density at radius 1 is 1.03 bits per heavy atom. The number of ether oxygens (including phenoxy) is 2. The smallest absolute Gasteiger partial charge is 0.254 e. The van der Waals surface area contributed by atoms with E-state index in [9.17, 15) is 9.59 Å². The van der Waals surface area contributed by atoms with Crippen LogP contribution in [0.1, 0.15) is 16.8 Å². The summed E-state index contributed by atoms with van der Waals surface area (Å²) in [6.45, 7) is 2.37. The van der Waals surface area contributed by atoms with Crippen molar-refractivity contribution in [3.63, 3.8) is 0 Å². The summed E-state index contributed by atoms with van der Waals surface area (Å²) >= 11 is 0. The van der Waals surface area contributed by atoms with Crippen LogP contribution in [-0.2, 0) is 4.79 Å². The molecule has 150 valence electrons. The number of likely N-dealkylation sites (tertiary alicyclic amines) is 1. The van der Waals surface area contributed by atoms with Gasteiger partial charge >= 0.3 is 0 Å². The van der Waals surface area contributed by atoms with Crippen molar-refractivity contribution < 1.29 is 19.1 Å². The van der Waals surface area contributed by atoms with Crippen LogP contribution in [0.4, 0.5) is 5.69 Å². The van der Waals surface area contributed by atoms with Gasteiger partial charge in [-0.05, 0) is 43.8 Å². The molecule has 0 aliphatic carbocycles. The highest BCUT2D eigenvalue weighted by atomic mass is 16.7. The molecule has 7 heteroatoms. The maximum atomic E-state index is 13.1. The van der Waals surface area contributed by atoms with Gasteiger partial charge in [-0.2, -0.15) is 0 Å². The van der Waals surface area contributed by atoms with E-state index in [4.69, 9.17) is 9.47 Å². The van der Waals surface area contributed by atoms with Crippen LogP contribution in [0.25, 0.3) is 0 Å². The fourth-order valence-corrected chi connectivity index (χ4v) is 4.48. The lowest BCUT2D eigenvalue weighted by molar-refractivity contribution is -0.123. The maximum Gasteiger partial charge on any atom is 0.254 e. The largest absolute Gasteiger partial charge is 0.454 e. The quantitative estimate of drug-likeness (QED) is 0.781. The Balaban J connectivity index is 1.37. The number of piperazine rings is 1. The first-order valence-corrected chi connectivity index (χ1v) is 9.81. The van der Waals surface area contributed by atoms with Gasteiger partial charge in [-0.3, -0.25) is 14.5 Å². The summed E-state index contributed by atoms with van der Waals surface area (Å²) in [5.74, 6) is 1.35. The van der Waals surface area contributed by atoms with Gasteiger partial charge in [-0.25, -0.2) is 0 Å². The monoisotopic (exact) mass is 393 g/mol. The molecule has 29 heavy (non-hydrogen) atoms. The number of benzene rings is 2. The van der Waals surface area contributed by atoms with Gasteiger partial charge < -0.3 is 19.3 Å². The third-order valence-corrected chi connectivity index (χ3v) is 6.24. The van der Waals surface area contributed by atoms with Crippen molar-refractivity contribution in [3.8, 4) is 11.5 Å². The van der Waals surface area contributed by atoms with E-state index in [1.807, 2.05) is 47.2 Å². The minimum Gasteiger partial charge on any atom is -0.454 e. The van der Waals surface area contributed by atoms with E-state index in [-0.39, 0.29) is 24.1 Å². The summed E-state index contributed by atoms with van der Waals surface area (Å²) in [5, 5.41) is 0. The van der Waals surface area contributed by atoms with Crippen molar-refractivity contribution in [2.75, 3.05) is 44.9 Å². The number of likely N-dealkylation sites (N-methyl/N-ethyl adjacent to an activating group) is 1. The molecular formula is C22H23N3O4. The zero-order valence-electron chi connectivity index (χ0n) is 16.3. The molecular weight excluding hydrogens is 370 g/mol. The van der Waals surface area contributed by atoms with Gasteiger partial charge in [0.2, 0.25) is 12.7 Å². The van der Waals surface area contributed by atoms with Gasteiger partial charge in [0, 0.05) is 30.9 Å². The molecule has 0 saturated carbocycles. The molecule has 0 N–H and O–H groups in total. The Morgan fingerprint density at radius 3 is 2.66 bits per heavy atom. The number of fused-ring (bicyclic) bond motifs is 1. The fraction of sp³-hybridized carbons (Fsp3) is 0.364. The van der Waals surface area contributed by atoms with E-state index >= 15 is 0 Å². The van der Waals surface area contributed by atoms with Gasteiger partial charge in [0.1, 0.15) is 0 Å². The second kappa shape index (κ2) is 6.77. The minimum absolute atomic E-state index is 0.0169. The summed E-state index contributed by atoms with van der Waals surface area (Å²) in [6.07, 6.45) is 0.830. The molecule has 0 aromatic heterocycles. The lowest BCUT2D eigenvalue weighted by atomic mass is 9.92. The van der Waals surface area contributed by atoms with E-state index in [0.29, 0.717) is 43.2 Å². The van der Waals surface area contributed by atoms with E-state index in [1.165, 1.54) is 0 Å². The molecule has 1 spiro atoms. The van der Waals surface area contributed by atoms with Gasteiger partial charge in [0.15, 0.2) is 11.5 Å². The lowest BCUT2D eigenvalue weighted by Gasteiger charge is -2.46. The van der Waals surface area contributed by atoms with Crippen molar-refractivity contribution in [2.45, 2.75) is 12.0 Å². The molecule has 2 aromatic carbocycles. The van der Waals surface area contributed by atoms with Crippen LogP contribution in [-0.4, -0.2) is 67.2 Å². The number of hydrogen-bond acceptors (Lipinski definition) is 5. The molecule has 3 heterocycles. The lowest BCUT2D eigenvalue weighted by Crippen LogP contribution is -2.64. The fourth-order valence-electron chi connectivity index (χ4n) is 4.48. The first-order valence-electron chi connectivity index (χ1n) is 9.81. The number of carbonyl (C=O) groups excluding carboxylic acids is 2. The van der Waals surface area contributed by atoms with Crippen LogP contribution in [0.3, 0.4) is 0 Å². The van der Waals surface area contributed by atoms with Crippen molar-refractivity contribution >= 4 is 17.5 Å². The standard InChI is InChI=1S/C22H23N3O4/c1-23-12-20(26)25(17-5-3-2-4-6-17)14-22(23)9-10-24(13-22)21(27)16-7-8-18-19(11-16)29-15-28-18/h2-8,11H,9-10,12-15H2,1H3/t22-/m0/s1. The number of hydrogen-bond donors (Lipinski definition) is 0. The third-order valence-electron chi connectivity index (χ3n) is 6.24. The highest BCUT2D eigenvalue weighted by Gasteiger charge is 2.48. The van der Waals surface area contributed by atoms with E-state index in [2.05, 4.69) is 4.90 Å². The number of anilines is 1. The Morgan fingerprint density at radius 2 is 1.83 bits per heavy atom. The first-order chi connectivity index (χ1) is 14.1. The summed E-state index contributed by atoms with van der Waals surface area (Å²) in [6, 6.07) is 15.1. The highest BCUT2D eigenvalue weighted by molar-refractivity contribution is 5.97. The summed E-state index contributed by atoms with van der Waals surface area (Å²) in [7, 11) is 1.98. The summed E-state index contributed by atoms with van der Waals surface area (Å²) in [4.78, 5) is 31.6. The number of amides is 2. The molecule has 0 unspecified atom stereocenters. The van der Waals surface area contributed by atoms with Gasteiger partial charge in [-0.1, -0.05) is 18.2 Å². The molecule has 0 bridgehead atoms. The Kier molecular flexibility index (Phi) is 4.20. The van der Waals surface area contributed by atoms with E-state index in [1.54, 1.807) is 18.2 Å². The van der Waals surface area contributed by atoms with E-state index in [0.717, 1.165) is 12.1 Å². The molecule has 0 radical (unpaired) electrons. The predicted molar refractivity (Wildman–Crippen MR) is 107 cm³/mol. The number of para-hydroxylation sites is 1. The summed E-state index contributed by atoms with van der Waals surface area (Å²) < 4.78 is 10.7. The number of carbonyl (C=O) groups is 2. The molecule has 5 rings (SSSR count). The molecule has 2 saturated heterocycles. The van der Waals surface area contributed by atoms with Crippen LogP contribution in [0.15, 0.2) is 48.5 Å². The van der Waals surface area contributed by atoms with Crippen LogP contribution in [0, 0.1) is 0 Å². The Hall–Kier alpha value is -3.06. The molecule has 2 amide bonds. The second-order valence-electron chi connectivity index (χ2n) is 7.94. The molecule has 3 aliphatic rings. The first kappa shape index (κ1) is 18.0. The molecule has 1 atom stereocenters. The molecule has 3 aliphatic heterocycles. The zero-order chi connectivity index (χ0) is 20.0. The van der Waals surface area contributed by atoms with Gasteiger partial charge in [0.25, 0.3) is 5.91 Å². The predicted octanol–water partition coefficient (Wildman–Crippen LogP) is 1.98. The highest BCUT2D eigenvalue weighted by Crippen LogP contribution is 2.36. The number of nitrogens with zero attached hydrogens (tertiary/aromatic N) is 3. The summed E-state index contributed by atoms with van der Waals surface area (Å²) in [5.41, 5.74) is 1.27. The van der Waals surface area contributed by atoms with E-state index < -0.39 is 0 Å². The maximum absolute atomic E-state index is 13.1. The van der Waals surface area contributed by atoms with Crippen molar-refractivity contribution in [1.29, 1.82) is 0 Å². The van der Waals surface area contributed by atoms with Gasteiger partial charge in [0.05, 0.1) is 12.1 Å². The Labute approximate surface area is 169 Å². The molecule has 2 aromatic rings. The van der Waals surface area contributed by atoms with Crippen molar-refractivity contribution in [1.82, 2.24) is 9.80 Å². The zero-order valence-corrected chi connectivity index (χ0v) is 16.3. The topological polar surface area (TPSA) is 62.3 Å². The molecule has 7 nitrogen and oxygen atoms in total. The third kappa shape index (κ3) is 3.02. The SMILES string of the molecule is CN1CC(=O)N(c2ccccc2)C[C@@]12CCN(C(=O)c1ccc3c(c1)OCO3)C2. The van der Waals surface area contributed by atoms with Crippen LogP contribution in [0.5, 0.6) is 11.5 Å². The normalized spacial score (nSPS) is 23.8. The van der Waals surface area contributed by atoms with Crippen LogP contribution >= 0.6 is 0 Å². The second-order valence-corrected chi connectivity index (χ2v) is 7.94. The number of rotatable bonds is 2. The average Bonchev–Trinajstić information content (AvgIpc) is 3.38. The average molecular weight is 393 g/mol. The molecule has 2 fully saturated rings. The van der Waals surface area contributed by atoms with Crippen LogP contribution in [0.2, 0.25) is 0 Å². The van der Waals surface area contributed by atoms with Gasteiger partial charge in [-0.15, -0.1) is 0 Å². The minimum atomic E-state index is -0.240. The Bertz CT molecular complexity index is 964. The van der Waals surface area contributed by atoms with Crippen LogP contribution < -0.4 is 14.4 Å².